The summed E-state index contributed by atoms with van der Waals surface area (Å²) in [7, 11) is 0. The molecule has 1 fully saturated rings. The quantitative estimate of drug-likeness (QED) is 0.200. The summed E-state index contributed by atoms with van der Waals surface area (Å²) < 4.78 is 5.20. The van der Waals surface area contributed by atoms with Crippen LogP contribution < -0.4 is 9.80 Å². The van der Waals surface area contributed by atoms with Gasteiger partial charge in [0, 0.05) is 42.1 Å². The molecule has 3 amide bonds. The lowest BCUT2D eigenvalue weighted by Crippen LogP contribution is -2.54. The highest BCUT2D eigenvalue weighted by Gasteiger charge is 2.52. The molecule has 3 aliphatic heterocycles. The highest BCUT2D eigenvalue weighted by Crippen LogP contribution is 2.47. The van der Waals surface area contributed by atoms with Crippen molar-refractivity contribution in [2.45, 2.75) is 64.1 Å². The Morgan fingerprint density at radius 1 is 1.06 bits per heavy atom. The SMILES string of the molecule is CC(=O)OC1CC(=O)N1c1ccc(CN2C(=O)[C@@](O)([C@@H](C)/C=C/CC(=O)N3Cc4ccccc4C[C@H]3CO)c3cc(Cl)ccc32)cc1. The third kappa shape index (κ3) is 6.04. The number of aliphatic hydroxyl groups is 2. The summed E-state index contributed by atoms with van der Waals surface area (Å²) in [6, 6.07) is 19.5. The van der Waals surface area contributed by atoms with Gasteiger partial charge in [-0.15, -0.1) is 0 Å². The zero-order valence-corrected chi connectivity index (χ0v) is 26.9. The van der Waals surface area contributed by atoms with Gasteiger partial charge in [-0.1, -0.05) is 67.1 Å². The van der Waals surface area contributed by atoms with E-state index in [1.165, 1.54) is 16.7 Å². The second-order valence-electron chi connectivity index (χ2n) is 12.3. The monoisotopic (exact) mass is 657 g/mol. The van der Waals surface area contributed by atoms with Crippen molar-refractivity contribution >= 4 is 46.7 Å². The van der Waals surface area contributed by atoms with E-state index in [4.69, 9.17) is 16.3 Å². The van der Waals surface area contributed by atoms with Crippen LogP contribution in [-0.2, 0) is 49.0 Å². The molecule has 3 aromatic carbocycles. The Bertz CT molecular complexity index is 1760. The van der Waals surface area contributed by atoms with E-state index in [0.29, 0.717) is 34.9 Å². The number of nitrogens with zero attached hydrogens (tertiary/aromatic N) is 3. The number of hydrogen-bond donors (Lipinski definition) is 2. The second-order valence-corrected chi connectivity index (χ2v) is 12.7. The summed E-state index contributed by atoms with van der Waals surface area (Å²) in [5, 5.41) is 22.4. The molecule has 47 heavy (non-hydrogen) atoms. The van der Waals surface area contributed by atoms with Crippen molar-refractivity contribution in [2.24, 2.45) is 5.92 Å². The number of carbonyl (C=O) groups excluding carboxylic acids is 4. The number of esters is 1. The van der Waals surface area contributed by atoms with Crippen LogP contribution in [0.3, 0.4) is 0 Å². The molecule has 0 bridgehead atoms. The van der Waals surface area contributed by atoms with Crippen LogP contribution in [0.2, 0.25) is 5.02 Å². The van der Waals surface area contributed by atoms with E-state index in [1.807, 2.05) is 24.3 Å². The molecule has 0 saturated carbocycles. The van der Waals surface area contributed by atoms with E-state index in [9.17, 15) is 29.4 Å². The number of aliphatic hydroxyl groups excluding tert-OH is 1. The predicted molar refractivity (Wildman–Crippen MR) is 175 cm³/mol. The number of amides is 3. The lowest BCUT2D eigenvalue weighted by Gasteiger charge is -2.39. The van der Waals surface area contributed by atoms with Crippen molar-refractivity contribution in [1.82, 2.24) is 4.90 Å². The predicted octanol–water partition coefficient (Wildman–Crippen LogP) is 4.23. The number of anilines is 2. The summed E-state index contributed by atoms with van der Waals surface area (Å²) >= 11 is 6.33. The summed E-state index contributed by atoms with van der Waals surface area (Å²) in [6.45, 7) is 3.43. The molecule has 3 aromatic rings. The molecular formula is C36H36ClN3O7. The van der Waals surface area contributed by atoms with Crippen LogP contribution in [0.4, 0.5) is 11.4 Å². The smallest absolute Gasteiger partial charge is 0.304 e. The molecule has 1 unspecified atom stereocenters. The van der Waals surface area contributed by atoms with Gasteiger partial charge in [0.15, 0.2) is 11.8 Å². The first-order chi connectivity index (χ1) is 22.5. The summed E-state index contributed by atoms with van der Waals surface area (Å²) in [4.78, 5) is 55.4. The van der Waals surface area contributed by atoms with Gasteiger partial charge in [-0.2, -0.15) is 0 Å². The summed E-state index contributed by atoms with van der Waals surface area (Å²) in [6.07, 6.45) is 3.44. The van der Waals surface area contributed by atoms with Crippen LogP contribution in [-0.4, -0.2) is 57.7 Å². The Labute approximate surface area is 277 Å². The molecule has 0 aromatic heterocycles. The molecule has 3 heterocycles. The number of β-lactam (4-membered cyclic amide) rings is 1. The van der Waals surface area contributed by atoms with Crippen LogP contribution >= 0.6 is 11.6 Å². The average molecular weight is 658 g/mol. The second kappa shape index (κ2) is 12.9. The topological polar surface area (TPSA) is 128 Å². The largest absolute Gasteiger partial charge is 0.441 e. The van der Waals surface area contributed by atoms with Crippen LogP contribution in [0.5, 0.6) is 0 Å². The molecule has 4 atom stereocenters. The molecule has 6 rings (SSSR count). The maximum Gasteiger partial charge on any atom is 0.304 e. The van der Waals surface area contributed by atoms with Gasteiger partial charge in [-0.05, 0) is 53.4 Å². The minimum atomic E-state index is -1.93. The first-order valence-electron chi connectivity index (χ1n) is 15.6. The van der Waals surface area contributed by atoms with Crippen molar-refractivity contribution in [3.63, 3.8) is 0 Å². The minimum Gasteiger partial charge on any atom is -0.441 e. The molecule has 244 valence electrons. The third-order valence-electron chi connectivity index (χ3n) is 9.26. The van der Waals surface area contributed by atoms with Gasteiger partial charge in [0.2, 0.25) is 11.8 Å². The van der Waals surface area contributed by atoms with Crippen molar-refractivity contribution in [3.05, 3.63) is 106 Å². The summed E-state index contributed by atoms with van der Waals surface area (Å²) in [5.74, 6) is -2.02. The van der Waals surface area contributed by atoms with Gasteiger partial charge in [-0.3, -0.25) is 24.1 Å². The normalized spacial score (nSPS) is 22.6. The Hall–Kier alpha value is -4.51. The van der Waals surface area contributed by atoms with E-state index in [-0.39, 0.29) is 43.8 Å². The zero-order chi connectivity index (χ0) is 33.5. The van der Waals surface area contributed by atoms with E-state index in [0.717, 1.165) is 16.7 Å². The van der Waals surface area contributed by atoms with E-state index >= 15 is 0 Å². The van der Waals surface area contributed by atoms with Crippen LogP contribution in [0.25, 0.3) is 0 Å². The Kier molecular flexibility index (Phi) is 8.93. The Morgan fingerprint density at radius 3 is 2.47 bits per heavy atom. The Balaban J connectivity index is 1.17. The molecule has 0 spiro atoms. The lowest BCUT2D eigenvalue weighted by atomic mass is 9.83. The third-order valence-corrected chi connectivity index (χ3v) is 9.49. The minimum absolute atomic E-state index is 0.0452. The fourth-order valence-corrected chi connectivity index (χ4v) is 6.85. The molecule has 0 radical (unpaired) electrons. The maximum absolute atomic E-state index is 14.0. The lowest BCUT2D eigenvalue weighted by molar-refractivity contribution is -0.154. The standard InChI is InChI=1S/C36H36ClN3O7/c1-22(6-5-9-32(43)38-20-26-8-4-3-7-25(26)16-29(38)21-41)36(46)30-17-27(37)12-15-31(30)39(35(36)45)19-24-10-13-28(14-11-24)40-33(44)18-34(40)47-23(2)42/h3-8,10-15,17,22,29,34,41,46H,9,16,18-21H2,1-2H3/b6-5+/t22-,29-,34?,36+/m0/s1. The molecule has 1 saturated heterocycles. The molecular weight excluding hydrogens is 622 g/mol. The first kappa shape index (κ1) is 32.4. The highest BCUT2D eigenvalue weighted by atomic mass is 35.5. The average Bonchev–Trinajstić information content (AvgIpc) is 3.26. The summed E-state index contributed by atoms with van der Waals surface area (Å²) in [5.41, 5.74) is 2.46. The van der Waals surface area contributed by atoms with E-state index in [2.05, 4.69) is 0 Å². The molecule has 3 aliphatic rings. The van der Waals surface area contributed by atoms with Gasteiger partial charge in [0.05, 0.1) is 31.3 Å². The van der Waals surface area contributed by atoms with E-state index in [1.54, 1.807) is 66.4 Å². The number of hydrogen-bond acceptors (Lipinski definition) is 7. The number of carbonyl (C=O) groups is 4. The maximum atomic E-state index is 14.0. The first-order valence-corrected chi connectivity index (χ1v) is 16.0. The Morgan fingerprint density at radius 2 is 1.79 bits per heavy atom. The van der Waals surface area contributed by atoms with Gasteiger partial charge in [0.25, 0.3) is 5.91 Å². The van der Waals surface area contributed by atoms with Crippen LogP contribution in [0, 0.1) is 5.92 Å². The molecule has 2 N–H and O–H groups in total. The number of fused-ring (bicyclic) bond motifs is 2. The van der Waals surface area contributed by atoms with Gasteiger partial charge in [-0.25, -0.2) is 0 Å². The van der Waals surface area contributed by atoms with Gasteiger partial charge in [0.1, 0.15) is 0 Å². The van der Waals surface area contributed by atoms with Crippen molar-refractivity contribution < 1.29 is 34.1 Å². The molecule has 10 nitrogen and oxygen atoms in total. The highest BCUT2D eigenvalue weighted by molar-refractivity contribution is 6.31. The van der Waals surface area contributed by atoms with Crippen LogP contribution in [0.15, 0.2) is 78.9 Å². The number of halogens is 1. The van der Waals surface area contributed by atoms with Crippen molar-refractivity contribution in [3.8, 4) is 0 Å². The molecule has 0 aliphatic carbocycles. The van der Waals surface area contributed by atoms with Crippen molar-refractivity contribution in [1.29, 1.82) is 0 Å². The van der Waals surface area contributed by atoms with Gasteiger partial charge < -0.3 is 24.7 Å². The fraction of sp³-hybridized carbons (Fsp3) is 0.333. The zero-order valence-electron chi connectivity index (χ0n) is 26.1. The molecule has 11 heteroatoms. The number of rotatable bonds is 9. The van der Waals surface area contributed by atoms with Crippen LogP contribution in [0.1, 0.15) is 48.9 Å². The number of ether oxygens (including phenoxy) is 1. The van der Waals surface area contributed by atoms with Gasteiger partial charge >= 0.3 is 5.97 Å². The number of benzene rings is 3. The van der Waals surface area contributed by atoms with E-state index < -0.39 is 29.6 Å². The van der Waals surface area contributed by atoms with Crippen molar-refractivity contribution in [2.75, 3.05) is 16.4 Å². The fourth-order valence-electron chi connectivity index (χ4n) is 6.68.